The Kier molecular flexibility index (Phi) is 5.23. The van der Waals surface area contributed by atoms with Crippen molar-refractivity contribution in [2.24, 2.45) is 9.50 Å². The minimum atomic E-state index is -3.52. The first-order valence-electron chi connectivity index (χ1n) is 10.8. The van der Waals surface area contributed by atoms with Crippen LogP contribution in [0, 0.1) is 0 Å². The zero-order valence-corrected chi connectivity index (χ0v) is 18.4. The van der Waals surface area contributed by atoms with Crippen LogP contribution in [0.1, 0.15) is 42.0 Å². The van der Waals surface area contributed by atoms with E-state index in [1.807, 2.05) is 6.92 Å². The molecule has 166 valence electrons. The number of benzene rings is 1. The van der Waals surface area contributed by atoms with Crippen LogP contribution >= 0.6 is 0 Å². The fraction of sp³-hybridized carbons (Fsp3) is 0.524. The molecule has 0 radical (unpaired) electrons. The van der Waals surface area contributed by atoms with Crippen molar-refractivity contribution in [1.29, 1.82) is 0 Å². The minimum Gasteiger partial charge on any atom is -0.474 e. The molecule has 3 N–H and O–H groups in total. The number of nitrogens with two attached hydrogens (primary N) is 1. The summed E-state index contributed by atoms with van der Waals surface area (Å²) in [5.41, 5.74) is 6.08. The summed E-state index contributed by atoms with van der Waals surface area (Å²) in [5.74, 6) is 0.276. The van der Waals surface area contributed by atoms with Gasteiger partial charge in [0, 0.05) is 12.3 Å². The lowest BCUT2D eigenvalue weighted by molar-refractivity contribution is -0.00758. The largest absolute Gasteiger partial charge is 0.474 e. The summed E-state index contributed by atoms with van der Waals surface area (Å²) in [4.78, 5) is 12.8. The first-order valence-corrected chi connectivity index (χ1v) is 12.4. The minimum absolute atomic E-state index is 0.122. The van der Waals surface area contributed by atoms with Crippen LogP contribution in [0.3, 0.4) is 0 Å². The van der Waals surface area contributed by atoms with Gasteiger partial charge < -0.3 is 14.8 Å². The van der Waals surface area contributed by atoms with Crippen LogP contribution in [0.5, 0.6) is 5.88 Å². The van der Waals surface area contributed by atoms with Gasteiger partial charge in [0.1, 0.15) is 17.6 Å². The van der Waals surface area contributed by atoms with E-state index in [9.17, 15) is 9.00 Å². The molecule has 9 nitrogen and oxygen atoms in total. The number of hydrogen-bond donors (Lipinski definition) is 2. The van der Waals surface area contributed by atoms with E-state index >= 15 is 0 Å². The van der Waals surface area contributed by atoms with E-state index in [1.54, 1.807) is 4.68 Å². The molecule has 1 aliphatic heterocycles. The topological polar surface area (TPSA) is 121 Å². The number of carbonyl (C=O) groups excluding carboxylic acids is 1. The van der Waals surface area contributed by atoms with Crippen molar-refractivity contribution in [2.45, 2.75) is 63.0 Å². The Hall–Kier alpha value is -2.43. The van der Waals surface area contributed by atoms with E-state index in [0.717, 1.165) is 44.2 Å². The molecule has 2 aromatic rings. The lowest BCUT2D eigenvalue weighted by atomic mass is 9.98. The van der Waals surface area contributed by atoms with Gasteiger partial charge in [-0.15, -0.1) is 4.36 Å². The number of aromatic nitrogens is 2. The Morgan fingerprint density at radius 1 is 1.32 bits per heavy atom. The molecule has 2 unspecified atom stereocenters. The van der Waals surface area contributed by atoms with Gasteiger partial charge in [-0.3, -0.25) is 0 Å². The molecule has 3 aliphatic rings. The van der Waals surface area contributed by atoms with Crippen LogP contribution in [0.15, 0.2) is 21.5 Å². The van der Waals surface area contributed by atoms with Gasteiger partial charge in [-0.1, -0.05) is 0 Å². The number of rotatable bonds is 4. The van der Waals surface area contributed by atoms with E-state index < -0.39 is 15.9 Å². The van der Waals surface area contributed by atoms with Crippen LogP contribution < -0.4 is 15.2 Å². The van der Waals surface area contributed by atoms with Gasteiger partial charge in [-0.05, 0) is 73.8 Å². The highest BCUT2D eigenvalue weighted by molar-refractivity contribution is 7.91. The standard InChI is InChI=1S/C21H27N5O4S/c1-2-29-14-11-26-20(30-12-14)19(10-23-26)31(22,28)25-21(27)24-18-9-13-5-3-6-15(13)16-7-4-8-17(16)18/h9-10,14H,2-8,11-12H2,1H3,(H3,22,24,25,27,28). The van der Waals surface area contributed by atoms with Gasteiger partial charge in [0.2, 0.25) is 5.88 Å². The van der Waals surface area contributed by atoms with Crippen molar-refractivity contribution in [3.05, 3.63) is 34.5 Å². The third-order valence-corrected chi connectivity index (χ3v) is 7.55. The monoisotopic (exact) mass is 445 g/mol. The molecule has 2 heterocycles. The highest BCUT2D eigenvalue weighted by Crippen LogP contribution is 2.38. The average molecular weight is 446 g/mol. The first kappa shape index (κ1) is 20.5. The van der Waals surface area contributed by atoms with Crippen LogP contribution in [0.25, 0.3) is 0 Å². The maximum absolute atomic E-state index is 13.1. The number of carbonyl (C=O) groups is 1. The Balaban J connectivity index is 1.40. The summed E-state index contributed by atoms with van der Waals surface area (Å²) >= 11 is 0. The van der Waals surface area contributed by atoms with Crippen LogP contribution in [-0.2, 0) is 46.9 Å². The summed E-state index contributed by atoms with van der Waals surface area (Å²) < 4.78 is 29.7. The van der Waals surface area contributed by atoms with Gasteiger partial charge >= 0.3 is 6.03 Å². The lowest BCUT2D eigenvalue weighted by Crippen LogP contribution is -2.33. The normalized spacial score (nSPS) is 20.9. The zero-order chi connectivity index (χ0) is 21.6. The van der Waals surface area contributed by atoms with Crippen LogP contribution in [0.4, 0.5) is 10.5 Å². The molecule has 31 heavy (non-hydrogen) atoms. The maximum Gasteiger partial charge on any atom is 0.354 e. The van der Waals surface area contributed by atoms with Crippen molar-refractivity contribution >= 4 is 21.6 Å². The number of ether oxygens (including phenoxy) is 2. The molecule has 0 saturated heterocycles. The fourth-order valence-corrected chi connectivity index (χ4v) is 5.92. The Morgan fingerprint density at radius 3 is 2.94 bits per heavy atom. The van der Waals surface area contributed by atoms with Crippen molar-refractivity contribution in [3.63, 3.8) is 0 Å². The molecule has 0 spiro atoms. The number of amides is 2. The molecule has 5 rings (SSSR count). The van der Waals surface area contributed by atoms with Gasteiger partial charge in [0.15, 0.2) is 9.92 Å². The second kappa shape index (κ2) is 7.92. The summed E-state index contributed by atoms with van der Waals surface area (Å²) in [6.45, 7) is 3.24. The summed E-state index contributed by atoms with van der Waals surface area (Å²) in [6.07, 6.45) is 7.58. The molecule has 2 atom stereocenters. The third-order valence-electron chi connectivity index (χ3n) is 6.21. The quantitative estimate of drug-likeness (QED) is 0.749. The molecular formula is C21H27N5O4S. The number of nitrogens with zero attached hydrogens (tertiary/aromatic N) is 3. The Morgan fingerprint density at radius 2 is 2.10 bits per heavy atom. The van der Waals surface area contributed by atoms with E-state index in [1.165, 1.54) is 28.5 Å². The molecule has 1 aromatic heterocycles. The molecule has 2 amide bonds. The van der Waals surface area contributed by atoms with Gasteiger partial charge in [-0.25, -0.2) is 18.8 Å². The number of hydrogen-bond acceptors (Lipinski definition) is 5. The number of nitrogens with one attached hydrogen (secondary N) is 1. The van der Waals surface area contributed by atoms with Crippen molar-refractivity contribution in [1.82, 2.24) is 9.78 Å². The molecule has 2 aliphatic carbocycles. The SMILES string of the molecule is CCOC1COc2c(S(N)(=O)=NC(=O)Nc3cc4c(c5c3CCC5)CCC4)cnn2C1. The second-order valence-corrected chi connectivity index (χ2v) is 9.96. The van der Waals surface area contributed by atoms with Crippen molar-refractivity contribution in [3.8, 4) is 5.88 Å². The van der Waals surface area contributed by atoms with E-state index in [-0.39, 0.29) is 16.9 Å². The van der Waals surface area contributed by atoms with E-state index in [0.29, 0.717) is 19.8 Å². The van der Waals surface area contributed by atoms with Crippen LogP contribution in [0.2, 0.25) is 0 Å². The molecule has 1 aromatic carbocycles. The number of anilines is 1. The first-order chi connectivity index (χ1) is 15.0. The maximum atomic E-state index is 13.1. The van der Waals surface area contributed by atoms with E-state index in [4.69, 9.17) is 14.6 Å². The highest BCUT2D eigenvalue weighted by Gasteiger charge is 2.29. The third kappa shape index (κ3) is 3.72. The Labute approximate surface area is 181 Å². The lowest BCUT2D eigenvalue weighted by Gasteiger charge is -2.24. The van der Waals surface area contributed by atoms with Gasteiger partial charge in [-0.2, -0.15) is 5.10 Å². The zero-order valence-electron chi connectivity index (χ0n) is 17.6. The number of fused-ring (bicyclic) bond motifs is 4. The molecule has 0 saturated carbocycles. The second-order valence-electron chi connectivity index (χ2n) is 8.20. The fourth-order valence-electron chi connectivity index (χ4n) is 4.92. The van der Waals surface area contributed by atoms with Crippen molar-refractivity contribution < 1.29 is 18.5 Å². The average Bonchev–Trinajstić information content (AvgIpc) is 3.46. The summed E-state index contributed by atoms with van der Waals surface area (Å²) in [5, 5.41) is 13.0. The van der Waals surface area contributed by atoms with Gasteiger partial charge in [0.25, 0.3) is 0 Å². The van der Waals surface area contributed by atoms with E-state index in [2.05, 4.69) is 20.8 Å². The predicted octanol–water partition coefficient (Wildman–Crippen LogP) is 2.59. The summed E-state index contributed by atoms with van der Waals surface area (Å²) in [6, 6.07) is 1.33. The van der Waals surface area contributed by atoms with Crippen LogP contribution in [-0.4, -0.2) is 39.3 Å². The molecule has 0 fully saturated rings. The van der Waals surface area contributed by atoms with Gasteiger partial charge in [0.05, 0.1) is 12.7 Å². The molecular weight excluding hydrogens is 418 g/mol. The molecule has 0 bridgehead atoms. The predicted molar refractivity (Wildman–Crippen MR) is 116 cm³/mol. The Bertz CT molecular complexity index is 1170. The smallest absolute Gasteiger partial charge is 0.354 e. The van der Waals surface area contributed by atoms with Crippen molar-refractivity contribution in [2.75, 3.05) is 18.5 Å². The highest BCUT2D eigenvalue weighted by atomic mass is 32.2. The summed E-state index contributed by atoms with van der Waals surface area (Å²) in [7, 11) is -3.52. The molecule has 10 heteroatoms. The number of aryl methyl sites for hydroxylation is 1. The number of urea groups is 1.